The molecule has 0 unspecified atom stereocenters. The summed E-state index contributed by atoms with van der Waals surface area (Å²) in [7, 11) is 0. The van der Waals surface area contributed by atoms with Gasteiger partial charge >= 0.3 is 6.18 Å². The molecule has 1 N–H and O–H groups in total. The highest BCUT2D eigenvalue weighted by Crippen LogP contribution is 2.57. The highest BCUT2D eigenvalue weighted by molar-refractivity contribution is 5.86. The minimum Gasteiger partial charge on any atom is -0.380 e. The van der Waals surface area contributed by atoms with Crippen molar-refractivity contribution in [3.63, 3.8) is 0 Å². The molecule has 2 aliphatic carbocycles. The van der Waals surface area contributed by atoms with E-state index >= 15 is 0 Å². The molecule has 3 nitrogen and oxygen atoms in total. The molecule has 3 aromatic rings. The van der Waals surface area contributed by atoms with Crippen LogP contribution in [-0.2, 0) is 11.8 Å². The molecule has 0 aliphatic heterocycles. The average Bonchev–Trinajstić information content (AvgIpc) is 3.12. The lowest BCUT2D eigenvalue weighted by atomic mass is 9.56. The van der Waals surface area contributed by atoms with Gasteiger partial charge in [-0.2, -0.15) is 18.3 Å². The number of aromatic nitrogens is 2. The molecule has 0 saturated heterocycles. The zero-order valence-corrected chi connectivity index (χ0v) is 18.8. The molecule has 1 heterocycles. The summed E-state index contributed by atoms with van der Waals surface area (Å²) >= 11 is 0. The van der Waals surface area contributed by atoms with Gasteiger partial charge < -0.3 is 5.11 Å². The van der Waals surface area contributed by atoms with Gasteiger partial charge in [-0.25, -0.2) is 9.07 Å². The summed E-state index contributed by atoms with van der Waals surface area (Å²) in [5, 5.41) is 16.0. The lowest BCUT2D eigenvalue weighted by Gasteiger charge is -2.50. The number of rotatable bonds is 2. The molecule has 0 radical (unpaired) electrons. The van der Waals surface area contributed by atoms with E-state index in [1.54, 1.807) is 18.3 Å². The molecule has 2 aromatic carbocycles. The van der Waals surface area contributed by atoms with Crippen LogP contribution in [0.5, 0.6) is 0 Å². The highest BCUT2D eigenvalue weighted by atomic mass is 19.4. The Morgan fingerprint density at radius 3 is 2.58 bits per heavy atom. The normalized spacial score (nSPS) is 27.8. The smallest absolute Gasteiger partial charge is 0.380 e. The lowest BCUT2D eigenvalue weighted by molar-refractivity contribution is -0.279. The maximum atomic E-state index is 13.7. The lowest BCUT2D eigenvalue weighted by Crippen LogP contribution is -2.54. The standard InChI is InChI=1S/C26H28F4N2O/c1-3-24-11-12-25(33,26(28,29)30)14-18(24)5-4-6-21-16(2)23-17(13-22(21)24)15-31-32(23)20-9-7-19(27)8-10-20/h7-10,13,15,18,33H,3-6,11-12,14H2,1-2H3/t18-,24-,25-/m1/s1. The van der Waals surface area contributed by atoms with Gasteiger partial charge in [0.25, 0.3) is 0 Å². The van der Waals surface area contributed by atoms with E-state index < -0.39 is 11.8 Å². The van der Waals surface area contributed by atoms with E-state index in [1.807, 2.05) is 4.68 Å². The van der Waals surface area contributed by atoms with Gasteiger partial charge in [0.1, 0.15) is 5.82 Å². The zero-order chi connectivity index (χ0) is 23.6. The Hall–Kier alpha value is -2.41. The Bertz CT molecular complexity index is 1200. The first-order chi connectivity index (χ1) is 15.6. The number of fused-ring (bicyclic) bond motifs is 4. The maximum absolute atomic E-state index is 13.7. The Balaban J connectivity index is 1.66. The fourth-order valence-corrected chi connectivity index (χ4v) is 6.48. The molecular weight excluding hydrogens is 432 g/mol. The van der Waals surface area contributed by atoms with Crippen molar-refractivity contribution in [2.75, 3.05) is 0 Å². The summed E-state index contributed by atoms with van der Waals surface area (Å²) in [6.07, 6.45) is -0.0618. The van der Waals surface area contributed by atoms with Crippen LogP contribution in [0.4, 0.5) is 17.6 Å². The molecule has 0 spiro atoms. The Morgan fingerprint density at radius 2 is 1.91 bits per heavy atom. The molecule has 0 amide bonds. The van der Waals surface area contributed by atoms with E-state index in [0.29, 0.717) is 12.8 Å². The van der Waals surface area contributed by atoms with Gasteiger partial charge in [0.2, 0.25) is 0 Å². The Kier molecular flexibility index (Phi) is 5.12. The van der Waals surface area contributed by atoms with Crippen molar-refractivity contribution in [1.82, 2.24) is 9.78 Å². The van der Waals surface area contributed by atoms with Crippen LogP contribution in [0, 0.1) is 18.7 Å². The predicted molar refractivity (Wildman–Crippen MR) is 119 cm³/mol. The molecule has 33 heavy (non-hydrogen) atoms. The minimum absolute atomic E-state index is 0.229. The van der Waals surface area contributed by atoms with E-state index in [-0.39, 0.29) is 30.0 Å². The summed E-state index contributed by atoms with van der Waals surface area (Å²) in [4.78, 5) is 0. The molecule has 1 aromatic heterocycles. The number of benzene rings is 2. The van der Waals surface area contributed by atoms with Crippen molar-refractivity contribution in [1.29, 1.82) is 0 Å². The van der Waals surface area contributed by atoms with E-state index in [9.17, 15) is 22.7 Å². The third-order valence-electron chi connectivity index (χ3n) is 8.33. The Morgan fingerprint density at radius 1 is 1.18 bits per heavy atom. The molecule has 5 rings (SSSR count). The molecule has 176 valence electrons. The third-order valence-corrected chi connectivity index (χ3v) is 8.33. The molecular formula is C26H28F4N2O. The summed E-state index contributed by atoms with van der Waals surface area (Å²) in [5.74, 6) is -0.541. The van der Waals surface area contributed by atoms with Crippen molar-refractivity contribution in [3.8, 4) is 5.69 Å². The molecule has 7 heteroatoms. The number of aliphatic hydroxyl groups is 1. The van der Waals surface area contributed by atoms with Gasteiger partial charge in [-0.1, -0.05) is 6.92 Å². The number of hydrogen-bond acceptors (Lipinski definition) is 2. The second kappa shape index (κ2) is 7.55. The van der Waals surface area contributed by atoms with Crippen LogP contribution in [0.15, 0.2) is 36.5 Å². The second-order valence-corrected chi connectivity index (χ2v) is 9.83. The number of alkyl halides is 3. The van der Waals surface area contributed by atoms with E-state index in [2.05, 4.69) is 25.0 Å². The molecule has 2 aliphatic rings. The quantitative estimate of drug-likeness (QED) is 0.441. The van der Waals surface area contributed by atoms with Gasteiger partial charge in [-0.05, 0) is 110 Å². The number of hydrogen-bond donors (Lipinski definition) is 1. The second-order valence-electron chi connectivity index (χ2n) is 9.83. The van der Waals surface area contributed by atoms with Crippen LogP contribution < -0.4 is 0 Å². The molecule has 3 atom stereocenters. The summed E-state index contributed by atoms with van der Waals surface area (Å²) in [6.45, 7) is 4.11. The summed E-state index contributed by atoms with van der Waals surface area (Å²) in [6, 6.07) is 8.31. The van der Waals surface area contributed by atoms with Crippen LogP contribution in [0.1, 0.15) is 62.1 Å². The molecule has 1 fully saturated rings. The Labute approximate surface area is 190 Å². The van der Waals surface area contributed by atoms with Gasteiger partial charge in [0, 0.05) is 5.39 Å². The van der Waals surface area contributed by atoms with Crippen molar-refractivity contribution in [3.05, 3.63) is 59.0 Å². The van der Waals surface area contributed by atoms with Crippen molar-refractivity contribution >= 4 is 10.9 Å². The van der Waals surface area contributed by atoms with Gasteiger partial charge in [-0.15, -0.1) is 0 Å². The zero-order valence-electron chi connectivity index (χ0n) is 18.8. The fraction of sp³-hybridized carbons (Fsp3) is 0.500. The van der Waals surface area contributed by atoms with Gasteiger partial charge in [-0.3, -0.25) is 0 Å². The predicted octanol–water partition coefficient (Wildman–Crippen LogP) is 6.55. The van der Waals surface area contributed by atoms with Crippen LogP contribution in [-0.4, -0.2) is 26.7 Å². The summed E-state index contributed by atoms with van der Waals surface area (Å²) in [5.41, 5.74) is 2.11. The van der Waals surface area contributed by atoms with Crippen molar-refractivity contribution < 1.29 is 22.7 Å². The average molecular weight is 461 g/mol. The van der Waals surface area contributed by atoms with E-state index in [0.717, 1.165) is 47.0 Å². The van der Waals surface area contributed by atoms with Crippen LogP contribution in [0.2, 0.25) is 0 Å². The van der Waals surface area contributed by atoms with Crippen LogP contribution >= 0.6 is 0 Å². The summed E-state index contributed by atoms with van der Waals surface area (Å²) < 4.78 is 56.3. The SMILES string of the molecule is CC[C@@]12CC[C@](O)(C(F)(F)F)C[C@H]1CCCc1c2cc2cnn(-c3ccc(F)cc3)c2c1C. The van der Waals surface area contributed by atoms with E-state index in [1.165, 1.54) is 17.7 Å². The minimum atomic E-state index is -4.61. The van der Waals surface area contributed by atoms with Crippen LogP contribution in [0.25, 0.3) is 16.6 Å². The third kappa shape index (κ3) is 3.30. The van der Waals surface area contributed by atoms with E-state index in [4.69, 9.17) is 0 Å². The maximum Gasteiger partial charge on any atom is 0.417 e. The van der Waals surface area contributed by atoms with Crippen molar-refractivity contribution in [2.24, 2.45) is 5.92 Å². The number of aryl methyl sites for hydroxylation is 1. The van der Waals surface area contributed by atoms with Crippen molar-refractivity contribution in [2.45, 2.75) is 76.0 Å². The van der Waals surface area contributed by atoms with Crippen LogP contribution in [0.3, 0.4) is 0 Å². The van der Waals surface area contributed by atoms with Gasteiger partial charge in [0.15, 0.2) is 5.60 Å². The monoisotopic (exact) mass is 460 g/mol. The molecule has 1 saturated carbocycles. The molecule has 0 bridgehead atoms. The number of nitrogens with zero attached hydrogens (tertiary/aromatic N) is 2. The topological polar surface area (TPSA) is 38.1 Å². The first kappa shape index (κ1) is 22.4. The highest BCUT2D eigenvalue weighted by Gasteiger charge is 2.60. The first-order valence-corrected chi connectivity index (χ1v) is 11.7. The first-order valence-electron chi connectivity index (χ1n) is 11.7. The fourth-order valence-electron chi connectivity index (χ4n) is 6.48. The largest absolute Gasteiger partial charge is 0.417 e. The number of halogens is 4. The van der Waals surface area contributed by atoms with Gasteiger partial charge in [0.05, 0.1) is 17.4 Å².